The Morgan fingerprint density at radius 2 is 1.92 bits per heavy atom. The molecule has 0 spiro atoms. The van der Waals surface area contributed by atoms with Crippen LogP contribution in [0.25, 0.3) is 16.7 Å². The largest absolute Gasteiger partial charge is 0.452 e. The van der Waals surface area contributed by atoms with E-state index in [0.29, 0.717) is 16.1 Å². The average molecular weight is 366 g/mol. The van der Waals surface area contributed by atoms with Crippen molar-refractivity contribution in [3.05, 3.63) is 40.6 Å². The molecule has 0 saturated heterocycles. The van der Waals surface area contributed by atoms with E-state index in [1.54, 1.807) is 5.41 Å². The molecule has 0 atom stereocenters. The molecular weight excluding hydrogens is 353 g/mol. The molecule has 0 fully saturated rings. The van der Waals surface area contributed by atoms with Crippen LogP contribution in [0.5, 0.6) is 0 Å². The van der Waals surface area contributed by atoms with Crippen LogP contribution in [0.4, 0.5) is 13.2 Å². The van der Waals surface area contributed by atoms with Gasteiger partial charge in [-0.2, -0.15) is 13.2 Å². The molecule has 0 aliphatic rings. The zero-order valence-electron chi connectivity index (χ0n) is 13.5. The summed E-state index contributed by atoms with van der Waals surface area (Å²) in [6.07, 6.45) is -4.68. The number of benzene rings is 1. The van der Waals surface area contributed by atoms with Gasteiger partial charge in [-0.15, -0.1) is 10.2 Å². The lowest BCUT2D eigenvalue weighted by Gasteiger charge is -2.10. The zero-order chi connectivity index (χ0) is 18.4. The van der Waals surface area contributed by atoms with Crippen molar-refractivity contribution in [3.8, 4) is 0 Å². The number of carbonyl (C=O) groups excluding carboxylic acids is 1. The maximum atomic E-state index is 13.4. The van der Waals surface area contributed by atoms with E-state index in [1.165, 1.54) is 36.9 Å². The number of aromatic nitrogens is 4. The van der Waals surface area contributed by atoms with Crippen LogP contribution in [0.15, 0.2) is 34.2 Å². The molecule has 0 amide bonds. The summed E-state index contributed by atoms with van der Waals surface area (Å²) in [6.45, 7) is 5.09. The quantitative estimate of drug-likeness (QED) is 0.504. The number of halogens is 3. The van der Waals surface area contributed by atoms with Crippen molar-refractivity contribution < 1.29 is 18.0 Å². The second-order valence-electron chi connectivity index (χ2n) is 5.67. The van der Waals surface area contributed by atoms with E-state index in [4.69, 9.17) is 0 Å². The lowest BCUT2D eigenvalue weighted by Crippen LogP contribution is -2.12. The fourth-order valence-electron chi connectivity index (χ4n) is 2.26. The smallest absolute Gasteiger partial charge is 0.295 e. The Bertz CT molecular complexity index is 1020. The Morgan fingerprint density at radius 3 is 2.52 bits per heavy atom. The van der Waals surface area contributed by atoms with Crippen LogP contribution in [0.2, 0.25) is 0 Å². The van der Waals surface area contributed by atoms with Crippen molar-refractivity contribution in [2.24, 2.45) is 0 Å². The topological polar surface area (TPSA) is 60.2 Å². The highest BCUT2D eigenvalue weighted by atomic mass is 32.2. The first-order chi connectivity index (χ1) is 11.7. The summed E-state index contributed by atoms with van der Waals surface area (Å²) in [5, 5.41) is 9.08. The van der Waals surface area contributed by atoms with Gasteiger partial charge in [-0.1, -0.05) is 17.3 Å². The number of nitrogens with zero attached hydrogens (tertiary/aromatic N) is 4. The number of carbonyl (C=O) groups is 1. The van der Waals surface area contributed by atoms with Gasteiger partial charge in [-0.05, 0) is 44.4 Å². The minimum Gasteiger partial charge on any atom is -0.295 e. The molecule has 0 bridgehead atoms. The highest BCUT2D eigenvalue weighted by molar-refractivity contribution is 8.02. The third-order valence-electron chi connectivity index (χ3n) is 3.36. The number of ketones is 1. The third kappa shape index (κ3) is 3.23. The van der Waals surface area contributed by atoms with Crippen LogP contribution in [0, 0.1) is 0 Å². The Kier molecular flexibility index (Phi) is 4.28. The number of allylic oxidation sites excluding steroid dienone is 1. The van der Waals surface area contributed by atoms with E-state index in [0.717, 1.165) is 9.97 Å². The second-order valence-corrected chi connectivity index (χ2v) is 6.53. The number of alkyl halides is 3. The minimum absolute atomic E-state index is 0.00280. The fraction of sp³-hybridized carbons (Fsp3) is 0.250. The highest BCUT2D eigenvalue weighted by Crippen LogP contribution is 2.33. The zero-order valence-corrected chi connectivity index (χ0v) is 14.4. The lowest BCUT2D eigenvalue weighted by molar-refractivity contribution is -0.145. The molecule has 1 aromatic carbocycles. The predicted molar refractivity (Wildman–Crippen MR) is 88.6 cm³/mol. The molecule has 0 N–H and O–H groups in total. The molecule has 5 nitrogen and oxygen atoms in total. The molecule has 25 heavy (non-hydrogen) atoms. The number of hydrogen-bond acceptors (Lipinski definition) is 5. The van der Waals surface area contributed by atoms with Gasteiger partial charge in [0, 0.05) is 5.56 Å². The van der Waals surface area contributed by atoms with Gasteiger partial charge >= 0.3 is 6.18 Å². The van der Waals surface area contributed by atoms with E-state index in [9.17, 15) is 18.0 Å². The van der Waals surface area contributed by atoms with Gasteiger partial charge in [0.2, 0.25) is 5.82 Å². The number of Topliss-reactive ketones (excluding diaryl/α,β-unsaturated/α-hetero) is 1. The summed E-state index contributed by atoms with van der Waals surface area (Å²) in [7, 11) is 0. The number of hydrogen-bond donors (Lipinski definition) is 0. The molecular formula is C16H13F3N4OS. The van der Waals surface area contributed by atoms with Gasteiger partial charge in [0.1, 0.15) is 5.03 Å². The number of rotatable bonds is 3. The Hall–Kier alpha value is -2.42. The maximum Gasteiger partial charge on any atom is 0.452 e. The van der Waals surface area contributed by atoms with Crippen molar-refractivity contribution in [1.82, 2.24) is 19.6 Å². The van der Waals surface area contributed by atoms with E-state index >= 15 is 0 Å². The molecule has 3 aromatic rings. The molecule has 3 rings (SSSR count). The molecule has 9 heteroatoms. The summed E-state index contributed by atoms with van der Waals surface area (Å²) >= 11 is 1.18. The van der Waals surface area contributed by atoms with E-state index in [2.05, 4.69) is 15.2 Å². The summed E-state index contributed by atoms with van der Waals surface area (Å²) < 4.78 is 41.0. The first-order valence-corrected chi connectivity index (χ1v) is 8.13. The van der Waals surface area contributed by atoms with Crippen molar-refractivity contribution in [1.29, 1.82) is 0 Å². The second kappa shape index (κ2) is 6.14. The van der Waals surface area contributed by atoms with Crippen LogP contribution < -0.4 is 0 Å². The van der Waals surface area contributed by atoms with Crippen LogP contribution >= 0.6 is 11.8 Å². The van der Waals surface area contributed by atoms with Crippen molar-refractivity contribution in [2.45, 2.75) is 32.0 Å². The summed E-state index contributed by atoms with van der Waals surface area (Å²) in [4.78, 5) is 16.0. The first kappa shape index (κ1) is 17.4. The molecule has 130 valence electrons. The molecule has 2 aromatic heterocycles. The molecule has 0 saturated carbocycles. The van der Waals surface area contributed by atoms with E-state index < -0.39 is 12.0 Å². The van der Waals surface area contributed by atoms with E-state index in [-0.39, 0.29) is 16.9 Å². The number of fused-ring (bicyclic) bond motifs is 3. The molecule has 0 radical (unpaired) electrons. The SMILES string of the molecule is CC(=O)c1ccc2nc(SC=C(C)C)c3nnc(C(F)(F)F)n3c2c1. The predicted octanol–water partition coefficient (Wildman–Crippen LogP) is 4.51. The Balaban J connectivity index is 2.41. The maximum absolute atomic E-state index is 13.4. The van der Waals surface area contributed by atoms with Crippen LogP contribution in [0.1, 0.15) is 37.0 Å². The van der Waals surface area contributed by atoms with Gasteiger partial charge in [0.25, 0.3) is 0 Å². The van der Waals surface area contributed by atoms with Gasteiger partial charge in [-0.3, -0.25) is 9.20 Å². The summed E-state index contributed by atoms with van der Waals surface area (Å²) in [5.74, 6) is -1.39. The monoisotopic (exact) mass is 366 g/mol. The number of thioether (sulfide) groups is 1. The molecule has 2 heterocycles. The van der Waals surface area contributed by atoms with Gasteiger partial charge in [0.05, 0.1) is 11.0 Å². The van der Waals surface area contributed by atoms with E-state index in [1.807, 2.05) is 13.8 Å². The first-order valence-electron chi connectivity index (χ1n) is 7.25. The van der Waals surface area contributed by atoms with Crippen LogP contribution in [0.3, 0.4) is 0 Å². The molecule has 0 aliphatic heterocycles. The summed E-state index contributed by atoms with van der Waals surface area (Å²) in [5.41, 5.74) is 1.74. The minimum atomic E-state index is -4.68. The molecule has 0 aliphatic carbocycles. The Morgan fingerprint density at radius 1 is 1.20 bits per heavy atom. The van der Waals surface area contributed by atoms with Gasteiger partial charge in [-0.25, -0.2) is 4.98 Å². The van der Waals surface area contributed by atoms with Crippen LogP contribution in [-0.2, 0) is 6.18 Å². The van der Waals surface area contributed by atoms with Crippen LogP contribution in [-0.4, -0.2) is 25.4 Å². The van der Waals surface area contributed by atoms with Gasteiger partial charge < -0.3 is 0 Å². The average Bonchev–Trinajstić information content (AvgIpc) is 2.97. The Labute approximate surface area is 145 Å². The lowest BCUT2D eigenvalue weighted by atomic mass is 10.1. The van der Waals surface area contributed by atoms with Crippen molar-refractivity contribution >= 4 is 34.2 Å². The van der Waals surface area contributed by atoms with Crippen molar-refractivity contribution in [3.63, 3.8) is 0 Å². The summed E-state index contributed by atoms with van der Waals surface area (Å²) in [6, 6.07) is 4.44. The van der Waals surface area contributed by atoms with Gasteiger partial charge in [0.15, 0.2) is 11.4 Å². The highest BCUT2D eigenvalue weighted by Gasteiger charge is 2.38. The normalized spacial score (nSPS) is 11.9. The van der Waals surface area contributed by atoms with Crippen molar-refractivity contribution in [2.75, 3.05) is 0 Å². The third-order valence-corrected chi connectivity index (χ3v) is 4.45. The fourth-order valence-corrected chi connectivity index (χ4v) is 3.00. The molecule has 0 unspecified atom stereocenters. The standard InChI is InChI=1S/C16H13F3N4OS/c1-8(2)7-25-14-13-21-22-15(16(17,18)19)23(13)12-6-10(9(3)24)4-5-11(12)20-14/h4-7H,1-3H3.